The number of aryl methyl sites for hydroxylation is 2. The lowest BCUT2D eigenvalue weighted by Crippen LogP contribution is -2.18. The van der Waals surface area contributed by atoms with Crippen LogP contribution in [0.5, 0.6) is 0 Å². The third-order valence-electron chi connectivity index (χ3n) is 5.73. The molecule has 26 heavy (non-hydrogen) atoms. The van der Waals surface area contributed by atoms with Crippen LogP contribution >= 0.6 is 0 Å². The molecule has 0 amide bonds. The second kappa shape index (κ2) is 8.20. The van der Waals surface area contributed by atoms with E-state index in [1.165, 1.54) is 33.4 Å². The van der Waals surface area contributed by atoms with Crippen LogP contribution in [-0.4, -0.2) is 5.78 Å². The Morgan fingerprint density at radius 1 is 0.654 bits per heavy atom. The first-order valence-electron chi connectivity index (χ1n) is 9.88. The van der Waals surface area contributed by atoms with E-state index in [0.717, 1.165) is 0 Å². The fourth-order valence-electron chi connectivity index (χ4n) is 3.65. The predicted octanol–water partition coefficient (Wildman–Crippen LogP) is 7.03. The summed E-state index contributed by atoms with van der Waals surface area (Å²) in [5.41, 5.74) is 7.36. The number of carbonyl (C=O) groups is 1. The second-order valence-electron chi connectivity index (χ2n) is 8.39. The van der Waals surface area contributed by atoms with E-state index in [1.807, 2.05) is 0 Å². The van der Waals surface area contributed by atoms with Crippen molar-refractivity contribution >= 4 is 5.78 Å². The van der Waals surface area contributed by atoms with Crippen molar-refractivity contribution in [3.8, 4) is 0 Å². The molecule has 0 radical (unpaired) electrons. The Morgan fingerprint density at radius 3 is 1.31 bits per heavy atom. The summed E-state index contributed by atoms with van der Waals surface area (Å²) in [6.45, 7) is 17.1. The standard InChI is InChI=1S/C25H34O/c1-15(2)21-11-9-17(5)23(13-21)19(7)25(26)20(8)24-14-22(16(3)4)12-10-18(24)6/h9-16,19-20H,1-8H3. The maximum absolute atomic E-state index is 13.3. The molecule has 2 unspecified atom stereocenters. The smallest absolute Gasteiger partial charge is 0.147 e. The van der Waals surface area contributed by atoms with Crippen LogP contribution in [0.4, 0.5) is 0 Å². The average molecular weight is 351 g/mol. The molecule has 2 rings (SSSR count). The van der Waals surface area contributed by atoms with Crippen molar-refractivity contribution in [1.82, 2.24) is 0 Å². The van der Waals surface area contributed by atoms with Gasteiger partial charge >= 0.3 is 0 Å². The molecule has 2 aromatic rings. The molecule has 0 aromatic heterocycles. The molecule has 0 aliphatic rings. The van der Waals surface area contributed by atoms with Crippen molar-refractivity contribution in [2.75, 3.05) is 0 Å². The first kappa shape index (κ1) is 20.4. The summed E-state index contributed by atoms with van der Waals surface area (Å²) in [5, 5.41) is 0. The topological polar surface area (TPSA) is 17.1 Å². The van der Waals surface area contributed by atoms with Gasteiger partial charge in [-0.1, -0.05) is 77.9 Å². The lowest BCUT2D eigenvalue weighted by molar-refractivity contribution is -0.121. The van der Waals surface area contributed by atoms with E-state index in [2.05, 4.69) is 91.8 Å². The largest absolute Gasteiger partial charge is 0.298 e. The zero-order valence-corrected chi connectivity index (χ0v) is 17.7. The molecular weight excluding hydrogens is 316 g/mol. The highest BCUT2D eigenvalue weighted by atomic mass is 16.1. The Hall–Kier alpha value is -1.89. The van der Waals surface area contributed by atoms with Crippen LogP contribution in [0.25, 0.3) is 0 Å². The summed E-state index contributed by atoms with van der Waals surface area (Å²) in [7, 11) is 0. The van der Waals surface area contributed by atoms with Gasteiger partial charge in [-0.25, -0.2) is 0 Å². The molecule has 0 aliphatic heterocycles. The minimum atomic E-state index is -0.0918. The molecule has 0 aliphatic carbocycles. The fourth-order valence-corrected chi connectivity index (χ4v) is 3.65. The lowest BCUT2D eigenvalue weighted by atomic mass is 9.81. The van der Waals surface area contributed by atoms with E-state index >= 15 is 0 Å². The van der Waals surface area contributed by atoms with Crippen LogP contribution in [0.2, 0.25) is 0 Å². The molecule has 0 fully saturated rings. The van der Waals surface area contributed by atoms with Crippen LogP contribution in [0.3, 0.4) is 0 Å². The molecule has 140 valence electrons. The highest BCUT2D eigenvalue weighted by Crippen LogP contribution is 2.32. The van der Waals surface area contributed by atoms with Gasteiger partial charge in [0.25, 0.3) is 0 Å². The number of benzene rings is 2. The third-order valence-corrected chi connectivity index (χ3v) is 5.73. The monoisotopic (exact) mass is 350 g/mol. The van der Waals surface area contributed by atoms with E-state index in [-0.39, 0.29) is 11.8 Å². The van der Waals surface area contributed by atoms with Crippen LogP contribution < -0.4 is 0 Å². The summed E-state index contributed by atoms with van der Waals surface area (Å²) >= 11 is 0. The quantitative estimate of drug-likeness (QED) is 0.546. The van der Waals surface area contributed by atoms with Gasteiger partial charge in [0.05, 0.1) is 0 Å². The zero-order valence-electron chi connectivity index (χ0n) is 17.7. The third kappa shape index (κ3) is 4.26. The molecule has 1 heteroatoms. The van der Waals surface area contributed by atoms with Gasteiger partial charge in [-0.05, 0) is 59.1 Å². The number of hydrogen-bond acceptors (Lipinski definition) is 1. The Morgan fingerprint density at radius 2 is 1.00 bits per heavy atom. The van der Waals surface area contributed by atoms with Crippen LogP contribution in [0, 0.1) is 13.8 Å². The van der Waals surface area contributed by atoms with Gasteiger partial charge in [-0.3, -0.25) is 4.79 Å². The Labute approximate surface area is 159 Å². The van der Waals surface area contributed by atoms with Gasteiger partial charge < -0.3 is 0 Å². The first-order chi connectivity index (χ1) is 12.1. The van der Waals surface area contributed by atoms with E-state index < -0.39 is 0 Å². The minimum absolute atomic E-state index is 0.0918. The number of rotatable bonds is 6. The van der Waals surface area contributed by atoms with Crippen LogP contribution in [0.1, 0.15) is 98.6 Å². The van der Waals surface area contributed by atoms with Crippen LogP contribution in [0.15, 0.2) is 36.4 Å². The number of carbonyl (C=O) groups excluding carboxylic acids is 1. The molecule has 0 saturated heterocycles. The fraction of sp³-hybridized carbons (Fsp3) is 0.480. The van der Waals surface area contributed by atoms with Gasteiger partial charge in [0.1, 0.15) is 5.78 Å². The van der Waals surface area contributed by atoms with Crippen molar-refractivity contribution in [1.29, 1.82) is 0 Å². The van der Waals surface area contributed by atoms with Crippen molar-refractivity contribution < 1.29 is 4.79 Å². The summed E-state index contributed by atoms with van der Waals surface area (Å²) in [6.07, 6.45) is 0. The molecule has 0 saturated carbocycles. The molecule has 0 spiro atoms. The molecule has 2 atom stereocenters. The SMILES string of the molecule is Cc1ccc(C(C)C)cc1C(C)C(=O)C(C)c1cc(C(C)C)ccc1C. The van der Waals surface area contributed by atoms with Crippen molar-refractivity contribution in [2.24, 2.45) is 0 Å². The lowest BCUT2D eigenvalue weighted by Gasteiger charge is -2.22. The molecule has 2 aromatic carbocycles. The van der Waals surface area contributed by atoms with E-state index in [1.54, 1.807) is 0 Å². The Bertz CT molecular complexity index is 717. The maximum Gasteiger partial charge on any atom is 0.147 e. The van der Waals surface area contributed by atoms with Gasteiger partial charge in [0, 0.05) is 11.8 Å². The first-order valence-corrected chi connectivity index (χ1v) is 9.88. The van der Waals surface area contributed by atoms with Crippen molar-refractivity contribution in [3.05, 3.63) is 69.8 Å². The van der Waals surface area contributed by atoms with Crippen molar-refractivity contribution in [2.45, 2.75) is 79.1 Å². The van der Waals surface area contributed by atoms with Gasteiger partial charge in [-0.2, -0.15) is 0 Å². The highest BCUT2D eigenvalue weighted by molar-refractivity contribution is 5.91. The molecule has 0 heterocycles. The van der Waals surface area contributed by atoms with Crippen LogP contribution in [-0.2, 0) is 4.79 Å². The van der Waals surface area contributed by atoms with Gasteiger partial charge in [0.2, 0.25) is 0 Å². The van der Waals surface area contributed by atoms with E-state index in [4.69, 9.17) is 0 Å². The van der Waals surface area contributed by atoms with E-state index in [0.29, 0.717) is 17.6 Å². The normalized spacial score (nSPS) is 13.9. The summed E-state index contributed by atoms with van der Waals surface area (Å²) < 4.78 is 0. The van der Waals surface area contributed by atoms with Crippen molar-refractivity contribution in [3.63, 3.8) is 0 Å². The Kier molecular flexibility index (Phi) is 6.44. The molecular formula is C25H34O. The highest BCUT2D eigenvalue weighted by Gasteiger charge is 2.25. The predicted molar refractivity (Wildman–Crippen MR) is 112 cm³/mol. The Balaban J connectivity index is 2.37. The number of Topliss-reactive ketones (excluding diaryl/α,β-unsaturated/α-hetero) is 1. The second-order valence-corrected chi connectivity index (χ2v) is 8.39. The molecule has 0 N–H and O–H groups in total. The molecule has 0 bridgehead atoms. The average Bonchev–Trinajstić information content (AvgIpc) is 2.60. The zero-order chi connectivity index (χ0) is 19.6. The van der Waals surface area contributed by atoms with Gasteiger partial charge in [-0.15, -0.1) is 0 Å². The summed E-state index contributed by atoms with van der Waals surface area (Å²) in [4.78, 5) is 13.3. The molecule has 1 nitrogen and oxygen atoms in total. The van der Waals surface area contributed by atoms with Gasteiger partial charge in [0.15, 0.2) is 0 Å². The number of hydrogen-bond donors (Lipinski definition) is 0. The minimum Gasteiger partial charge on any atom is -0.298 e. The van der Waals surface area contributed by atoms with E-state index in [9.17, 15) is 4.79 Å². The number of ketones is 1. The maximum atomic E-state index is 13.3. The summed E-state index contributed by atoms with van der Waals surface area (Å²) in [6, 6.07) is 13.1. The summed E-state index contributed by atoms with van der Waals surface area (Å²) in [5.74, 6) is 1.06.